The Kier molecular flexibility index (Phi) is 3.69. The van der Waals surface area contributed by atoms with Gasteiger partial charge in [0, 0.05) is 13.1 Å². The van der Waals surface area contributed by atoms with Crippen molar-refractivity contribution in [3.63, 3.8) is 0 Å². The van der Waals surface area contributed by atoms with Crippen LogP contribution in [0.25, 0.3) is 0 Å². The first-order valence-corrected chi connectivity index (χ1v) is 4.48. The summed E-state index contributed by atoms with van der Waals surface area (Å²) in [5.74, 6) is -0.00839. The summed E-state index contributed by atoms with van der Waals surface area (Å²) in [6, 6.07) is 1.82. The summed E-state index contributed by atoms with van der Waals surface area (Å²) in [6.45, 7) is 0.921. The van der Waals surface area contributed by atoms with Crippen molar-refractivity contribution in [2.75, 3.05) is 19.8 Å². The second-order valence-electron chi connectivity index (χ2n) is 3.31. The molecule has 1 fully saturated rings. The lowest BCUT2D eigenvalue weighted by atomic mass is 9.98. The van der Waals surface area contributed by atoms with Crippen molar-refractivity contribution in [2.45, 2.75) is 19.3 Å². The molecule has 1 rings (SSSR count). The summed E-state index contributed by atoms with van der Waals surface area (Å²) in [6.07, 6.45) is 1.40. The van der Waals surface area contributed by atoms with Crippen molar-refractivity contribution >= 4 is 5.91 Å². The average Bonchev–Trinajstić information content (AvgIpc) is 2.18. The van der Waals surface area contributed by atoms with Gasteiger partial charge in [0.1, 0.15) is 6.42 Å². The summed E-state index contributed by atoms with van der Waals surface area (Å²) < 4.78 is 12.2. The molecule has 0 saturated carbocycles. The van der Waals surface area contributed by atoms with Crippen LogP contribution in [0.1, 0.15) is 19.3 Å². The number of hydrogen-bond donors (Lipinski definition) is 0. The highest BCUT2D eigenvalue weighted by molar-refractivity contribution is 5.78. The van der Waals surface area contributed by atoms with Crippen molar-refractivity contribution in [3.8, 4) is 6.07 Å². The molecule has 0 radical (unpaired) electrons. The molecule has 1 amide bonds. The van der Waals surface area contributed by atoms with Gasteiger partial charge in [0.15, 0.2) is 0 Å². The van der Waals surface area contributed by atoms with E-state index in [0.717, 1.165) is 12.8 Å². The summed E-state index contributed by atoms with van der Waals surface area (Å²) in [4.78, 5) is 12.9. The predicted octanol–water partition coefficient (Wildman–Crippen LogP) is 1.11. The third-order valence-electron chi connectivity index (χ3n) is 2.42. The minimum absolute atomic E-state index is 0.0553. The van der Waals surface area contributed by atoms with Gasteiger partial charge in [-0.15, -0.1) is 0 Å². The molecule has 1 aliphatic heterocycles. The van der Waals surface area contributed by atoms with E-state index in [0.29, 0.717) is 13.1 Å². The van der Waals surface area contributed by atoms with E-state index >= 15 is 0 Å². The van der Waals surface area contributed by atoms with Gasteiger partial charge >= 0.3 is 0 Å². The van der Waals surface area contributed by atoms with Crippen molar-refractivity contribution in [2.24, 2.45) is 5.92 Å². The summed E-state index contributed by atoms with van der Waals surface area (Å²) in [5, 5.41) is 8.31. The lowest BCUT2D eigenvalue weighted by Gasteiger charge is -2.30. The van der Waals surface area contributed by atoms with E-state index < -0.39 is 0 Å². The van der Waals surface area contributed by atoms with Gasteiger partial charge in [0.25, 0.3) is 0 Å². The molecule has 0 bridgehead atoms. The lowest BCUT2D eigenvalue weighted by Crippen LogP contribution is -2.38. The van der Waals surface area contributed by atoms with E-state index in [1.165, 1.54) is 0 Å². The van der Waals surface area contributed by atoms with E-state index in [2.05, 4.69) is 0 Å². The fraction of sp³-hybridized carbons (Fsp3) is 0.778. The number of likely N-dealkylation sites (tertiary alicyclic amines) is 1. The number of halogens is 1. The van der Waals surface area contributed by atoms with Gasteiger partial charge in [-0.05, 0) is 18.8 Å². The number of nitrogens with zero attached hydrogens (tertiary/aromatic N) is 2. The van der Waals surface area contributed by atoms with Crippen LogP contribution >= 0.6 is 0 Å². The number of carbonyl (C=O) groups is 1. The highest BCUT2D eigenvalue weighted by Crippen LogP contribution is 2.17. The molecule has 0 aromatic heterocycles. The van der Waals surface area contributed by atoms with Crippen molar-refractivity contribution in [1.29, 1.82) is 5.26 Å². The molecule has 13 heavy (non-hydrogen) atoms. The topological polar surface area (TPSA) is 44.1 Å². The largest absolute Gasteiger partial charge is 0.342 e. The number of amides is 1. The highest BCUT2D eigenvalue weighted by Gasteiger charge is 2.21. The van der Waals surface area contributed by atoms with Crippen LogP contribution in [0, 0.1) is 17.2 Å². The molecule has 0 aliphatic carbocycles. The van der Waals surface area contributed by atoms with Gasteiger partial charge in [-0.1, -0.05) is 0 Å². The van der Waals surface area contributed by atoms with Crippen LogP contribution in [0.5, 0.6) is 0 Å². The van der Waals surface area contributed by atoms with E-state index in [4.69, 9.17) is 5.26 Å². The maximum atomic E-state index is 12.2. The minimum atomic E-state index is -0.291. The molecule has 1 aliphatic rings. The van der Waals surface area contributed by atoms with Crippen LogP contribution in [0.3, 0.4) is 0 Å². The Hall–Kier alpha value is -1.11. The normalized spacial score (nSPS) is 18.3. The molecule has 0 spiro atoms. The summed E-state index contributed by atoms with van der Waals surface area (Å²) in [7, 11) is 0. The Labute approximate surface area is 77.1 Å². The smallest absolute Gasteiger partial charge is 0.236 e. The number of carbonyl (C=O) groups excluding carboxylic acids is 1. The second kappa shape index (κ2) is 4.80. The zero-order valence-corrected chi connectivity index (χ0v) is 7.50. The molecule has 0 atom stereocenters. The number of alkyl halides is 1. The van der Waals surface area contributed by atoms with Crippen LogP contribution in [-0.4, -0.2) is 30.6 Å². The molecule has 3 nitrogen and oxygen atoms in total. The molecule has 1 saturated heterocycles. The Balaban J connectivity index is 2.33. The maximum absolute atomic E-state index is 12.2. The van der Waals surface area contributed by atoms with Crippen LogP contribution in [0.15, 0.2) is 0 Å². The van der Waals surface area contributed by atoms with Crippen LogP contribution < -0.4 is 0 Å². The van der Waals surface area contributed by atoms with Gasteiger partial charge < -0.3 is 4.90 Å². The summed E-state index contributed by atoms with van der Waals surface area (Å²) >= 11 is 0. The molecule has 0 unspecified atom stereocenters. The van der Waals surface area contributed by atoms with Crippen LogP contribution in [0.2, 0.25) is 0 Å². The Bertz CT molecular complexity index is 216. The Morgan fingerprint density at radius 3 is 2.62 bits per heavy atom. The third-order valence-corrected chi connectivity index (χ3v) is 2.42. The quantitative estimate of drug-likeness (QED) is 0.645. The van der Waals surface area contributed by atoms with E-state index in [-0.39, 0.29) is 24.9 Å². The number of nitriles is 1. The molecular weight excluding hydrogens is 171 g/mol. The lowest BCUT2D eigenvalue weighted by molar-refractivity contribution is -0.131. The van der Waals surface area contributed by atoms with Gasteiger partial charge in [0.2, 0.25) is 5.91 Å². The molecule has 0 aromatic carbocycles. The molecular formula is C9H13FN2O. The second-order valence-corrected chi connectivity index (χ2v) is 3.31. The van der Waals surface area contributed by atoms with E-state index in [1.807, 2.05) is 6.07 Å². The number of hydrogen-bond acceptors (Lipinski definition) is 2. The first-order valence-electron chi connectivity index (χ1n) is 4.48. The SMILES string of the molecule is N#CCC(=O)N1CCC(CF)CC1. The Morgan fingerprint density at radius 2 is 2.15 bits per heavy atom. The Morgan fingerprint density at radius 1 is 1.54 bits per heavy atom. The standard InChI is InChI=1S/C9H13FN2O/c10-7-8-2-5-12(6-3-8)9(13)1-4-11/h8H,1-3,5-7H2. The van der Waals surface area contributed by atoms with Crippen molar-refractivity contribution in [3.05, 3.63) is 0 Å². The van der Waals surface area contributed by atoms with Crippen LogP contribution in [-0.2, 0) is 4.79 Å². The summed E-state index contributed by atoms with van der Waals surface area (Å²) in [5.41, 5.74) is 0. The van der Waals surface area contributed by atoms with E-state index in [9.17, 15) is 9.18 Å². The molecule has 0 N–H and O–H groups in total. The molecule has 0 aromatic rings. The molecule has 72 valence electrons. The first kappa shape index (κ1) is 9.97. The van der Waals surface area contributed by atoms with E-state index in [1.54, 1.807) is 4.90 Å². The van der Waals surface area contributed by atoms with Gasteiger partial charge in [0.05, 0.1) is 12.7 Å². The monoisotopic (exact) mass is 184 g/mol. The number of rotatable bonds is 2. The van der Waals surface area contributed by atoms with Crippen molar-refractivity contribution in [1.82, 2.24) is 4.90 Å². The van der Waals surface area contributed by atoms with Gasteiger partial charge in [-0.2, -0.15) is 5.26 Å². The van der Waals surface area contributed by atoms with Crippen molar-refractivity contribution < 1.29 is 9.18 Å². The number of piperidine rings is 1. The minimum Gasteiger partial charge on any atom is -0.342 e. The fourth-order valence-corrected chi connectivity index (χ4v) is 1.52. The molecule has 1 heterocycles. The zero-order valence-electron chi connectivity index (χ0n) is 7.50. The first-order chi connectivity index (χ1) is 6.27. The van der Waals surface area contributed by atoms with Gasteiger partial charge in [-0.3, -0.25) is 9.18 Å². The fourth-order valence-electron chi connectivity index (χ4n) is 1.52. The van der Waals surface area contributed by atoms with Gasteiger partial charge in [-0.25, -0.2) is 0 Å². The third kappa shape index (κ3) is 2.69. The van der Waals surface area contributed by atoms with Crippen LogP contribution in [0.4, 0.5) is 4.39 Å². The predicted molar refractivity (Wildman–Crippen MR) is 45.5 cm³/mol. The maximum Gasteiger partial charge on any atom is 0.236 e. The zero-order chi connectivity index (χ0) is 9.68. The highest BCUT2D eigenvalue weighted by atomic mass is 19.1. The average molecular weight is 184 g/mol. The molecule has 4 heteroatoms.